The quantitative estimate of drug-likeness (QED) is 0.779. The number of aryl methyl sites for hydroxylation is 1. The highest BCUT2D eigenvalue weighted by molar-refractivity contribution is 5.52. The normalized spacial score (nSPS) is 12.4. The zero-order valence-electron chi connectivity index (χ0n) is 9.65. The number of hydrogen-bond acceptors (Lipinski definition) is 2. The maximum Gasteiger partial charge on any atom is 0.123 e. The molecule has 0 radical (unpaired) electrons. The van der Waals surface area contributed by atoms with Crippen molar-refractivity contribution in [3.8, 4) is 0 Å². The number of hydrogen-bond donors (Lipinski definition) is 2. The Morgan fingerprint density at radius 2 is 1.71 bits per heavy atom. The Balaban J connectivity index is 2.39. The Kier molecular flexibility index (Phi) is 3.11. The first-order valence-corrected chi connectivity index (χ1v) is 5.45. The van der Waals surface area contributed by atoms with Crippen LogP contribution >= 0.6 is 0 Å². The molecule has 0 amide bonds. The smallest absolute Gasteiger partial charge is 0.123 e. The summed E-state index contributed by atoms with van der Waals surface area (Å²) in [5.41, 5.74) is 15.5. The van der Waals surface area contributed by atoms with Gasteiger partial charge in [0.05, 0.1) is 6.04 Å². The summed E-state index contributed by atoms with van der Waals surface area (Å²) in [6.07, 6.45) is 0. The van der Waals surface area contributed by atoms with Crippen LogP contribution in [0.25, 0.3) is 0 Å². The van der Waals surface area contributed by atoms with Crippen LogP contribution < -0.4 is 11.5 Å². The molecule has 0 saturated carbocycles. The standard InChI is InChI=1S/C14H15FN2/c1-9-2-7-13(16)12(8-9)14(17)10-3-5-11(15)6-4-10/h2-8,14H,16-17H2,1H3. The maximum absolute atomic E-state index is 12.8. The molecular formula is C14H15FN2. The van der Waals surface area contributed by atoms with Crippen molar-refractivity contribution in [2.75, 3.05) is 5.73 Å². The van der Waals surface area contributed by atoms with E-state index in [-0.39, 0.29) is 11.9 Å². The fraction of sp³-hybridized carbons (Fsp3) is 0.143. The summed E-state index contributed by atoms with van der Waals surface area (Å²) in [6.45, 7) is 1.99. The average Bonchev–Trinajstić information content (AvgIpc) is 2.32. The van der Waals surface area contributed by atoms with Crippen LogP contribution in [0, 0.1) is 12.7 Å². The van der Waals surface area contributed by atoms with Crippen LogP contribution in [0.3, 0.4) is 0 Å². The molecule has 1 unspecified atom stereocenters. The molecule has 0 aliphatic carbocycles. The van der Waals surface area contributed by atoms with Gasteiger partial charge in [0.2, 0.25) is 0 Å². The van der Waals surface area contributed by atoms with Crippen molar-refractivity contribution >= 4 is 5.69 Å². The van der Waals surface area contributed by atoms with Crippen LogP contribution in [0.1, 0.15) is 22.7 Å². The van der Waals surface area contributed by atoms with E-state index in [2.05, 4.69) is 0 Å². The van der Waals surface area contributed by atoms with Crippen LogP contribution in [-0.4, -0.2) is 0 Å². The molecule has 3 heteroatoms. The number of anilines is 1. The van der Waals surface area contributed by atoms with Gasteiger partial charge in [-0.25, -0.2) is 4.39 Å². The van der Waals surface area contributed by atoms with Crippen LogP contribution in [0.2, 0.25) is 0 Å². The van der Waals surface area contributed by atoms with E-state index in [0.29, 0.717) is 5.69 Å². The first-order chi connectivity index (χ1) is 8.08. The summed E-state index contributed by atoms with van der Waals surface area (Å²) in [6, 6.07) is 11.6. The highest BCUT2D eigenvalue weighted by Gasteiger charge is 2.12. The molecule has 2 nitrogen and oxygen atoms in total. The van der Waals surface area contributed by atoms with Gasteiger partial charge < -0.3 is 11.5 Å². The Morgan fingerprint density at radius 3 is 2.35 bits per heavy atom. The van der Waals surface area contributed by atoms with E-state index >= 15 is 0 Å². The van der Waals surface area contributed by atoms with Crippen molar-refractivity contribution < 1.29 is 4.39 Å². The van der Waals surface area contributed by atoms with E-state index in [1.807, 2.05) is 25.1 Å². The molecule has 88 valence electrons. The molecule has 0 saturated heterocycles. The lowest BCUT2D eigenvalue weighted by atomic mass is 9.97. The van der Waals surface area contributed by atoms with Crippen LogP contribution in [0.4, 0.5) is 10.1 Å². The number of benzene rings is 2. The predicted octanol–water partition coefficient (Wildman–Crippen LogP) is 2.76. The lowest BCUT2D eigenvalue weighted by Crippen LogP contribution is -2.14. The lowest BCUT2D eigenvalue weighted by Gasteiger charge is -2.15. The topological polar surface area (TPSA) is 52.0 Å². The maximum atomic E-state index is 12.8. The van der Waals surface area contributed by atoms with Crippen molar-refractivity contribution in [1.82, 2.24) is 0 Å². The molecule has 0 bridgehead atoms. The van der Waals surface area contributed by atoms with E-state index in [1.54, 1.807) is 12.1 Å². The number of halogens is 1. The Bertz CT molecular complexity index is 520. The first-order valence-electron chi connectivity index (χ1n) is 5.45. The minimum Gasteiger partial charge on any atom is -0.398 e. The van der Waals surface area contributed by atoms with E-state index < -0.39 is 0 Å². The SMILES string of the molecule is Cc1ccc(N)c(C(N)c2ccc(F)cc2)c1. The summed E-state index contributed by atoms with van der Waals surface area (Å²) >= 11 is 0. The fourth-order valence-corrected chi connectivity index (χ4v) is 1.81. The summed E-state index contributed by atoms with van der Waals surface area (Å²) in [5, 5.41) is 0. The molecule has 17 heavy (non-hydrogen) atoms. The van der Waals surface area contributed by atoms with Crippen LogP contribution in [0.15, 0.2) is 42.5 Å². The second-order valence-corrected chi connectivity index (χ2v) is 4.16. The van der Waals surface area contributed by atoms with Gasteiger partial charge in [-0.3, -0.25) is 0 Å². The molecule has 0 spiro atoms. The summed E-state index contributed by atoms with van der Waals surface area (Å²) in [7, 11) is 0. The summed E-state index contributed by atoms with van der Waals surface area (Å²) < 4.78 is 12.8. The summed E-state index contributed by atoms with van der Waals surface area (Å²) in [5.74, 6) is -0.266. The lowest BCUT2D eigenvalue weighted by molar-refractivity contribution is 0.626. The van der Waals surface area contributed by atoms with Gasteiger partial charge >= 0.3 is 0 Å². The van der Waals surface area contributed by atoms with E-state index in [9.17, 15) is 4.39 Å². The van der Waals surface area contributed by atoms with Crippen LogP contribution in [-0.2, 0) is 0 Å². The van der Waals surface area contributed by atoms with Gasteiger partial charge in [-0.05, 0) is 36.2 Å². The Hall–Kier alpha value is -1.87. The third-order valence-electron chi connectivity index (χ3n) is 2.81. The number of nitrogen functional groups attached to an aromatic ring is 1. The van der Waals surface area contributed by atoms with Crippen molar-refractivity contribution in [3.05, 3.63) is 65.0 Å². The molecule has 2 aromatic rings. The van der Waals surface area contributed by atoms with Gasteiger partial charge in [0.1, 0.15) is 5.82 Å². The van der Waals surface area contributed by atoms with Crippen molar-refractivity contribution in [3.63, 3.8) is 0 Å². The average molecular weight is 230 g/mol. The van der Waals surface area contributed by atoms with E-state index in [4.69, 9.17) is 11.5 Å². The number of nitrogens with two attached hydrogens (primary N) is 2. The van der Waals surface area contributed by atoms with Gasteiger partial charge in [0, 0.05) is 5.69 Å². The minimum absolute atomic E-state index is 0.266. The molecule has 1 atom stereocenters. The summed E-state index contributed by atoms with van der Waals surface area (Å²) in [4.78, 5) is 0. The fourth-order valence-electron chi connectivity index (χ4n) is 1.81. The highest BCUT2D eigenvalue weighted by atomic mass is 19.1. The highest BCUT2D eigenvalue weighted by Crippen LogP contribution is 2.25. The number of rotatable bonds is 2. The zero-order chi connectivity index (χ0) is 12.4. The van der Waals surface area contributed by atoms with Gasteiger partial charge in [0.15, 0.2) is 0 Å². The van der Waals surface area contributed by atoms with Crippen molar-refractivity contribution in [2.24, 2.45) is 5.73 Å². The monoisotopic (exact) mass is 230 g/mol. The van der Waals surface area contributed by atoms with Crippen LogP contribution in [0.5, 0.6) is 0 Å². The molecule has 0 aromatic heterocycles. The van der Waals surface area contributed by atoms with Crippen molar-refractivity contribution in [1.29, 1.82) is 0 Å². The predicted molar refractivity (Wildman–Crippen MR) is 68.0 cm³/mol. The van der Waals surface area contributed by atoms with Gasteiger partial charge in [0.25, 0.3) is 0 Å². The molecule has 0 heterocycles. The van der Waals surface area contributed by atoms with Crippen molar-refractivity contribution in [2.45, 2.75) is 13.0 Å². The van der Waals surface area contributed by atoms with Gasteiger partial charge in [-0.2, -0.15) is 0 Å². The second kappa shape index (κ2) is 4.55. The zero-order valence-corrected chi connectivity index (χ0v) is 9.65. The Morgan fingerprint density at radius 1 is 1.06 bits per heavy atom. The molecule has 0 fully saturated rings. The third kappa shape index (κ3) is 2.45. The second-order valence-electron chi connectivity index (χ2n) is 4.16. The van der Waals surface area contributed by atoms with E-state index in [1.165, 1.54) is 12.1 Å². The largest absolute Gasteiger partial charge is 0.398 e. The van der Waals surface area contributed by atoms with Gasteiger partial charge in [-0.15, -0.1) is 0 Å². The molecule has 2 rings (SSSR count). The Labute approximate surface area is 100 Å². The van der Waals surface area contributed by atoms with Gasteiger partial charge in [-0.1, -0.05) is 29.8 Å². The molecule has 4 N–H and O–H groups in total. The molecular weight excluding hydrogens is 215 g/mol. The minimum atomic E-state index is -0.324. The first kappa shape index (κ1) is 11.6. The molecule has 2 aromatic carbocycles. The third-order valence-corrected chi connectivity index (χ3v) is 2.81. The molecule has 0 aliphatic heterocycles. The van der Waals surface area contributed by atoms with E-state index in [0.717, 1.165) is 16.7 Å². The molecule has 0 aliphatic rings.